The second-order valence-electron chi connectivity index (χ2n) is 3.19. The molecule has 2 nitrogen and oxygen atoms in total. The summed E-state index contributed by atoms with van der Waals surface area (Å²) in [5.74, 6) is 0.810. The van der Waals surface area contributed by atoms with Crippen molar-refractivity contribution in [2.75, 3.05) is 13.2 Å². The zero-order valence-electron chi connectivity index (χ0n) is 7.03. The summed E-state index contributed by atoms with van der Waals surface area (Å²) < 4.78 is 5.30. The molecule has 0 bridgehead atoms. The Kier molecular flexibility index (Phi) is 2.74. The van der Waals surface area contributed by atoms with Crippen LogP contribution in [-0.2, 0) is 11.2 Å². The van der Waals surface area contributed by atoms with Gasteiger partial charge in [-0.2, -0.15) is 0 Å². The molecule has 12 heavy (non-hydrogen) atoms. The molecule has 1 aliphatic heterocycles. The van der Waals surface area contributed by atoms with Crippen LogP contribution in [0.4, 0.5) is 0 Å². The molecule has 1 saturated heterocycles. The zero-order chi connectivity index (χ0) is 8.23. The van der Waals surface area contributed by atoms with E-state index in [2.05, 4.69) is 10.4 Å². The van der Waals surface area contributed by atoms with Crippen LogP contribution in [0.3, 0.4) is 0 Å². The summed E-state index contributed by atoms with van der Waals surface area (Å²) in [6.07, 6.45) is 5.46. The smallest absolute Gasteiger partial charge is 0.0927 e. The largest absolute Gasteiger partial charge is 0.381 e. The van der Waals surface area contributed by atoms with E-state index in [0.717, 1.165) is 25.6 Å². The predicted molar refractivity (Wildman–Crippen MR) is 49.4 cm³/mol. The quantitative estimate of drug-likeness (QED) is 0.700. The summed E-state index contributed by atoms with van der Waals surface area (Å²) in [6, 6.07) is 0. The van der Waals surface area contributed by atoms with Crippen LogP contribution in [-0.4, -0.2) is 18.2 Å². The predicted octanol–water partition coefficient (Wildman–Crippen LogP) is 2.11. The Labute approximate surface area is 76.6 Å². The van der Waals surface area contributed by atoms with Crippen molar-refractivity contribution >= 4 is 11.3 Å². The molecular weight excluding hydrogens is 170 g/mol. The molecule has 0 N–H and O–H groups in total. The first-order valence-corrected chi connectivity index (χ1v) is 5.29. The third kappa shape index (κ3) is 2.05. The molecule has 1 fully saturated rings. The number of thiazole rings is 1. The summed E-state index contributed by atoms with van der Waals surface area (Å²) in [5.41, 5.74) is 0. The average molecular weight is 183 g/mol. The van der Waals surface area contributed by atoms with Crippen molar-refractivity contribution in [1.29, 1.82) is 0 Å². The molecule has 3 heteroatoms. The van der Waals surface area contributed by atoms with E-state index in [1.165, 1.54) is 17.8 Å². The fraction of sp³-hybridized carbons (Fsp3) is 0.667. The van der Waals surface area contributed by atoms with Gasteiger partial charge in [0.2, 0.25) is 0 Å². The Hall–Kier alpha value is -0.410. The second-order valence-corrected chi connectivity index (χ2v) is 4.16. The van der Waals surface area contributed by atoms with Crippen LogP contribution < -0.4 is 0 Å². The third-order valence-electron chi connectivity index (χ3n) is 2.29. The standard InChI is InChI=1S/C9H13NOS/c1-4-11-5-2-8(1)7-9-10-3-6-12-9/h3,6,8H,1-2,4-5,7H2. The van der Waals surface area contributed by atoms with Crippen molar-refractivity contribution < 1.29 is 4.74 Å². The molecular formula is C9H13NOS. The summed E-state index contributed by atoms with van der Waals surface area (Å²) in [5, 5.41) is 3.33. The molecule has 1 aromatic heterocycles. The van der Waals surface area contributed by atoms with E-state index in [1.54, 1.807) is 11.3 Å². The van der Waals surface area contributed by atoms with Crippen molar-refractivity contribution in [3.05, 3.63) is 16.6 Å². The Morgan fingerprint density at radius 3 is 3.00 bits per heavy atom. The molecule has 0 radical (unpaired) electrons. The van der Waals surface area contributed by atoms with E-state index >= 15 is 0 Å². The maximum Gasteiger partial charge on any atom is 0.0927 e. The topological polar surface area (TPSA) is 22.1 Å². The first-order chi connectivity index (χ1) is 5.95. The normalized spacial score (nSPS) is 19.7. The van der Waals surface area contributed by atoms with E-state index in [-0.39, 0.29) is 0 Å². The van der Waals surface area contributed by atoms with Crippen molar-refractivity contribution in [2.24, 2.45) is 5.92 Å². The SMILES string of the molecule is c1csc(CC2CCOCC2)n1. The molecule has 0 unspecified atom stereocenters. The molecule has 0 aromatic carbocycles. The lowest BCUT2D eigenvalue weighted by atomic mass is 9.97. The van der Waals surface area contributed by atoms with Crippen LogP contribution in [0.2, 0.25) is 0 Å². The van der Waals surface area contributed by atoms with Crippen molar-refractivity contribution in [3.8, 4) is 0 Å². The first kappa shape index (κ1) is 8.20. The van der Waals surface area contributed by atoms with Crippen molar-refractivity contribution in [3.63, 3.8) is 0 Å². The van der Waals surface area contributed by atoms with E-state index in [1.807, 2.05) is 6.20 Å². The first-order valence-electron chi connectivity index (χ1n) is 4.41. The van der Waals surface area contributed by atoms with Crippen LogP contribution in [0.5, 0.6) is 0 Å². The van der Waals surface area contributed by atoms with Gasteiger partial charge in [0.15, 0.2) is 0 Å². The average Bonchev–Trinajstić information content (AvgIpc) is 2.59. The third-order valence-corrected chi connectivity index (χ3v) is 3.09. The molecule has 0 spiro atoms. The monoisotopic (exact) mass is 183 g/mol. The molecule has 0 saturated carbocycles. The highest BCUT2D eigenvalue weighted by Gasteiger charge is 2.14. The van der Waals surface area contributed by atoms with Crippen molar-refractivity contribution in [2.45, 2.75) is 19.3 Å². The van der Waals surface area contributed by atoms with Gasteiger partial charge in [0, 0.05) is 31.2 Å². The highest BCUT2D eigenvalue weighted by Crippen LogP contribution is 2.20. The molecule has 2 heterocycles. The summed E-state index contributed by atoms with van der Waals surface area (Å²) in [6.45, 7) is 1.88. The minimum absolute atomic E-state index is 0.810. The molecule has 0 aliphatic carbocycles. The fourth-order valence-electron chi connectivity index (χ4n) is 1.55. The Bertz CT molecular complexity index is 216. The number of aromatic nitrogens is 1. The van der Waals surface area contributed by atoms with Gasteiger partial charge in [0.25, 0.3) is 0 Å². The molecule has 1 aliphatic rings. The number of nitrogens with zero attached hydrogens (tertiary/aromatic N) is 1. The van der Waals surface area contributed by atoms with Gasteiger partial charge in [-0.05, 0) is 18.8 Å². The fourth-order valence-corrected chi connectivity index (χ4v) is 2.28. The van der Waals surface area contributed by atoms with E-state index in [0.29, 0.717) is 0 Å². The van der Waals surface area contributed by atoms with Gasteiger partial charge in [-0.15, -0.1) is 11.3 Å². The van der Waals surface area contributed by atoms with Gasteiger partial charge >= 0.3 is 0 Å². The van der Waals surface area contributed by atoms with Crippen LogP contribution in [0.25, 0.3) is 0 Å². The number of hydrogen-bond acceptors (Lipinski definition) is 3. The lowest BCUT2D eigenvalue weighted by Crippen LogP contribution is -2.17. The lowest BCUT2D eigenvalue weighted by molar-refractivity contribution is 0.0665. The maximum absolute atomic E-state index is 5.30. The molecule has 0 atom stereocenters. The molecule has 66 valence electrons. The highest BCUT2D eigenvalue weighted by molar-refractivity contribution is 7.09. The van der Waals surface area contributed by atoms with E-state index < -0.39 is 0 Å². The molecule has 1 aromatic rings. The second kappa shape index (κ2) is 4.01. The number of hydrogen-bond donors (Lipinski definition) is 0. The Morgan fingerprint density at radius 1 is 1.50 bits per heavy atom. The number of ether oxygens (including phenoxy) is 1. The summed E-state index contributed by atoms with van der Waals surface area (Å²) >= 11 is 1.76. The van der Waals surface area contributed by atoms with Gasteiger partial charge in [-0.25, -0.2) is 4.98 Å². The van der Waals surface area contributed by atoms with Gasteiger partial charge in [0.1, 0.15) is 0 Å². The summed E-state index contributed by atoms with van der Waals surface area (Å²) in [4.78, 5) is 4.29. The maximum atomic E-state index is 5.30. The molecule has 0 amide bonds. The Balaban J connectivity index is 1.86. The van der Waals surface area contributed by atoms with Crippen molar-refractivity contribution in [1.82, 2.24) is 4.98 Å². The highest BCUT2D eigenvalue weighted by atomic mass is 32.1. The minimum Gasteiger partial charge on any atom is -0.381 e. The molecule has 2 rings (SSSR count). The zero-order valence-corrected chi connectivity index (χ0v) is 7.85. The lowest BCUT2D eigenvalue weighted by Gasteiger charge is -2.20. The van der Waals surface area contributed by atoms with Gasteiger partial charge in [-0.3, -0.25) is 0 Å². The minimum atomic E-state index is 0.810. The van der Waals surface area contributed by atoms with Crippen LogP contribution in [0.1, 0.15) is 17.8 Å². The van der Waals surface area contributed by atoms with Gasteiger partial charge in [-0.1, -0.05) is 0 Å². The van der Waals surface area contributed by atoms with Crippen LogP contribution in [0, 0.1) is 5.92 Å². The Morgan fingerprint density at radius 2 is 2.33 bits per heavy atom. The summed E-state index contributed by atoms with van der Waals surface area (Å²) in [7, 11) is 0. The number of rotatable bonds is 2. The van der Waals surface area contributed by atoms with E-state index in [4.69, 9.17) is 4.74 Å². The van der Waals surface area contributed by atoms with Crippen LogP contribution >= 0.6 is 11.3 Å². The van der Waals surface area contributed by atoms with Gasteiger partial charge < -0.3 is 4.74 Å². The van der Waals surface area contributed by atoms with Gasteiger partial charge in [0.05, 0.1) is 5.01 Å². The van der Waals surface area contributed by atoms with E-state index in [9.17, 15) is 0 Å². The van der Waals surface area contributed by atoms with Crippen LogP contribution in [0.15, 0.2) is 11.6 Å².